The van der Waals surface area contributed by atoms with Crippen LogP contribution in [0.15, 0.2) is 24.3 Å². The standard InChI is InChI=1S/C16H21N3O/c1-2-10-19-15(11-20)17-18-16(19)14-9-5-7-12-6-3-4-8-13(12)14/h3-4,6,8,14,20H,2,5,7,9-11H2,1H3. The van der Waals surface area contributed by atoms with Crippen molar-refractivity contribution < 1.29 is 5.11 Å². The molecule has 0 amide bonds. The van der Waals surface area contributed by atoms with Crippen LogP contribution in [0, 0.1) is 0 Å². The molecule has 3 rings (SSSR count). The van der Waals surface area contributed by atoms with Crippen LogP contribution in [0.3, 0.4) is 0 Å². The van der Waals surface area contributed by atoms with E-state index in [1.165, 1.54) is 17.5 Å². The first kappa shape index (κ1) is 13.3. The highest BCUT2D eigenvalue weighted by molar-refractivity contribution is 5.36. The lowest BCUT2D eigenvalue weighted by atomic mass is 9.82. The second kappa shape index (κ2) is 5.75. The molecule has 4 nitrogen and oxygen atoms in total. The van der Waals surface area contributed by atoms with Gasteiger partial charge in [-0.25, -0.2) is 0 Å². The van der Waals surface area contributed by atoms with Gasteiger partial charge in [-0.15, -0.1) is 10.2 Å². The van der Waals surface area contributed by atoms with Crippen molar-refractivity contribution in [1.29, 1.82) is 0 Å². The first-order valence-corrected chi connectivity index (χ1v) is 7.45. The summed E-state index contributed by atoms with van der Waals surface area (Å²) in [5, 5.41) is 18.0. The van der Waals surface area contributed by atoms with Gasteiger partial charge in [0.2, 0.25) is 0 Å². The first-order valence-electron chi connectivity index (χ1n) is 7.45. The number of hydrogen-bond acceptors (Lipinski definition) is 3. The zero-order chi connectivity index (χ0) is 13.9. The molecule has 0 saturated carbocycles. The van der Waals surface area contributed by atoms with Crippen molar-refractivity contribution in [3.8, 4) is 0 Å². The smallest absolute Gasteiger partial charge is 0.158 e. The number of benzene rings is 1. The Morgan fingerprint density at radius 3 is 2.95 bits per heavy atom. The molecule has 106 valence electrons. The third-order valence-electron chi connectivity index (χ3n) is 4.13. The van der Waals surface area contributed by atoms with Crippen molar-refractivity contribution in [2.75, 3.05) is 0 Å². The molecule has 1 aromatic heterocycles. The Kier molecular flexibility index (Phi) is 3.83. The van der Waals surface area contributed by atoms with Gasteiger partial charge in [0.05, 0.1) is 0 Å². The molecule has 0 fully saturated rings. The van der Waals surface area contributed by atoms with Gasteiger partial charge in [-0.05, 0) is 36.8 Å². The van der Waals surface area contributed by atoms with E-state index in [2.05, 4.69) is 46.0 Å². The van der Waals surface area contributed by atoms with Gasteiger partial charge in [0, 0.05) is 12.5 Å². The lowest BCUT2D eigenvalue weighted by Crippen LogP contribution is -2.17. The van der Waals surface area contributed by atoms with Crippen molar-refractivity contribution in [1.82, 2.24) is 14.8 Å². The molecule has 20 heavy (non-hydrogen) atoms. The van der Waals surface area contributed by atoms with Crippen molar-refractivity contribution in [2.45, 2.75) is 51.7 Å². The van der Waals surface area contributed by atoms with Crippen LogP contribution in [-0.4, -0.2) is 19.9 Å². The predicted octanol–water partition coefficient (Wildman–Crippen LogP) is 2.65. The fourth-order valence-corrected chi connectivity index (χ4v) is 3.21. The van der Waals surface area contributed by atoms with E-state index in [1.807, 2.05) is 0 Å². The second-order valence-electron chi connectivity index (χ2n) is 5.43. The van der Waals surface area contributed by atoms with Crippen molar-refractivity contribution in [3.05, 3.63) is 47.0 Å². The maximum atomic E-state index is 9.43. The molecule has 0 aliphatic heterocycles. The van der Waals surface area contributed by atoms with Gasteiger partial charge in [0.25, 0.3) is 0 Å². The molecule has 0 radical (unpaired) electrons. The number of fused-ring (bicyclic) bond motifs is 1. The minimum Gasteiger partial charge on any atom is -0.388 e. The number of aryl methyl sites for hydroxylation is 1. The molecular weight excluding hydrogens is 250 g/mol. The van der Waals surface area contributed by atoms with Crippen LogP contribution in [0.1, 0.15) is 54.9 Å². The quantitative estimate of drug-likeness (QED) is 0.930. The molecule has 1 aliphatic carbocycles. The lowest BCUT2D eigenvalue weighted by Gasteiger charge is -2.25. The molecule has 1 aromatic carbocycles. The van der Waals surface area contributed by atoms with Crippen LogP contribution in [0.25, 0.3) is 0 Å². The molecular formula is C16H21N3O. The van der Waals surface area contributed by atoms with Gasteiger partial charge < -0.3 is 9.67 Å². The minimum atomic E-state index is -0.0403. The zero-order valence-electron chi connectivity index (χ0n) is 11.9. The molecule has 1 unspecified atom stereocenters. The van der Waals surface area contributed by atoms with Crippen LogP contribution in [-0.2, 0) is 19.6 Å². The van der Waals surface area contributed by atoms with E-state index in [4.69, 9.17) is 0 Å². The largest absolute Gasteiger partial charge is 0.388 e. The summed E-state index contributed by atoms with van der Waals surface area (Å²) in [4.78, 5) is 0. The summed E-state index contributed by atoms with van der Waals surface area (Å²) in [6, 6.07) is 8.64. The molecule has 1 heterocycles. The molecule has 2 aromatic rings. The Labute approximate surface area is 119 Å². The zero-order valence-corrected chi connectivity index (χ0v) is 11.9. The average Bonchev–Trinajstić information content (AvgIpc) is 2.90. The average molecular weight is 271 g/mol. The monoisotopic (exact) mass is 271 g/mol. The number of rotatable bonds is 4. The van der Waals surface area contributed by atoms with Crippen LogP contribution >= 0.6 is 0 Å². The summed E-state index contributed by atoms with van der Waals surface area (Å²) in [6.45, 7) is 2.97. The topological polar surface area (TPSA) is 50.9 Å². The highest BCUT2D eigenvalue weighted by Gasteiger charge is 2.26. The van der Waals surface area contributed by atoms with Crippen LogP contribution in [0.4, 0.5) is 0 Å². The summed E-state index contributed by atoms with van der Waals surface area (Å²) in [5.74, 6) is 2.02. The van der Waals surface area contributed by atoms with Crippen LogP contribution in [0.5, 0.6) is 0 Å². The molecule has 0 bridgehead atoms. The van der Waals surface area contributed by atoms with Crippen LogP contribution < -0.4 is 0 Å². The van der Waals surface area contributed by atoms with Gasteiger partial charge in [0.1, 0.15) is 12.4 Å². The highest BCUT2D eigenvalue weighted by atomic mass is 16.3. The molecule has 4 heteroatoms. The van der Waals surface area contributed by atoms with Gasteiger partial charge >= 0.3 is 0 Å². The summed E-state index contributed by atoms with van der Waals surface area (Å²) in [5.41, 5.74) is 2.81. The SMILES string of the molecule is CCCn1c(CO)nnc1C1CCCc2ccccc21. The van der Waals surface area contributed by atoms with Crippen molar-refractivity contribution >= 4 is 0 Å². The summed E-state index contributed by atoms with van der Waals surface area (Å²) in [6.07, 6.45) is 4.48. The van der Waals surface area contributed by atoms with Gasteiger partial charge in [0.15, 0.2) is 5.82 Å². The maximum Gasteiger partial charge on any atom is 0.158 e. The maximum absolute atomic E-state index is 9.43. The predicted molar refractivity (Wildman–Crippen MR) is 77.5 cm³/mol. The summed E-state index contributed by atoms with van der Waals surface area (Å²) in [7, 11) is 0. The lowest BCUT2D eigenvalue weighted by molar-refractivity contribution is 0.263. The Balaban J connectivity index is 2.04. The third kappa shape index (κ3) is 2.24. The number of aliphatic hydroxyl groups is 1. The van der Waals surface area contributed by atoms with Gasteiger partial charge in [-0.2, -0.15) is 0 Å². The molecule has 0 saturated heterocycles. The van der Waals surface area contributed by atoms with E-state index in [1.54, 1.807) is 0 Å². The second-order valence-corrected chi connectivity index (χ2v) is 5.43. The molecule has 1 atom stereocenters. The van der Waals surface area contributed by atoms with Gasteiger partial charge in [-0.1, -0.05) is 31.2 Å². The first-order chi connectivity index (χ1) is 9.85. The third-order valence-corrected chi connectivity index (χ3v) is 4.13. The Morgan fingerprint density at radius 2 is 2.15 bits per heavy atom. The molecule has 1 aliphatic rings. The highest BCUT2D eigenvalue weighted by Crippen LogP contribution is 2.35. The van der Waals surface area contributed by atoms with E-state index >= 15 is 0 Å². The number of aliphatic hydroxyl groups excluding tert-OH is 1. The number of hydrogen-bond donors (Lipinski definition) is 1. The number of nitrogens with zero attached hydrogens (tertiary/aromatic N) is 3. The Bertz CT molecular complexity index is 591. The fourth-order valence-electron chi connectivity index (χ4n) is 3.21. The van der Waals surface area contributed by atoms with E-state index in [-0.39, 0.29) is 6.61 Å². The summed E-state index contributed by atoms with van der Waals surface area (Å²) < 4.78 is 2.10. The van der Waals surface area contributed by atoms with Crippen molar-refractivity contribution in [3.63, 3.8) is 0 Å². The van der Waals surface area contributed by atoms with Crippen LogP contribution in [0.2, 0.25) is 0 Å². The number of aromatic nitrogens is 3. The van der Waals surface area contributed by atoms with E-state index in [9.17, 15) is 5.11 Å². The van der Waals surface area contributed by atoms with Gasteiger partial charge in [-0.3, -0.25) is 0 Å². The normalized spacial score (nSPS) is 18.0. The molecule has 1 N–H and O–H groups in total. The Hall–Kier alpha value is -1.68. The molecule has 0 spiro atoms. The Morgan fingerprint density at radius 1 is 1.30 bits per heavy atom. The van der Waals surface area contributed by atoms with Crippen molar-refractivity contribution in [2.24, 2.45) is 0 Å². The van der Waals surface area contributed by atoms with E-state index in [0.29, 0.717) is 11.7 Å². The van der Waals surface area contributed by atoms with E-state index < -0.39 is 0 Å². The van der Waals surface area contributed by atoms with E-state index in [0.717, 1.165) is 31.6 Å². The summed E-state index contributed by atoms with van der Waals surface area (Å²) >= 11 is 0. The fraction of sp³-hybridized carbons (Fsp3) is 0.500. The minimum absolute atomic E-state index is 0.0403.